The maximum absolute atomic E-state index is 11.3. The molecular formula is C12H19N5O2S. The van der Waals surface area contributed by atoms with Crippen LogP contribution in [0.15, 0.2) is 0 Å². The van der Waals surface area contributed by atoms with Gasteiger partial charge in [0, 0.05) is 30.6 Å². The Bertz CT molecular complexity index is 535. The predicted octanol–water partition coefficient (Wildman–Crippen LogP) is 2.07. The molecule has 20 heavy (non-hydrogen) atoms. The Morgan fingerprint density at radius 2 is 2.15 bits per heavy atom. The van der Waals surface area contributed by atoms with Crippen molar-refractivity contribution in [2.45, 2.75) is 25.5 Å². The highest BCUT2D eigenvalue weighted by Crippen LogP contribution is 2.36. The Balaban J connectivity index is 2.48. The van der Waals surface area contributed by atoms with Crippen LogP contribution in [0.5, 0.6) is 0 Å². The molecule has 0 unspecified atom stereocenters. The van der Waals surface area contributed by atoms with Crippen molar-refractivity contribution in [3.8, 4) is 0 Å². The van der Waals surface area contributed by atoms with Crippen molar-refractivity contribution >= 4 is 29.2 Å². The molecule has 1 aliphatic rings. The van der Waals surface area contributed by atoms with Gasteiger partial charge in [0.2, 0.25) is 11.8 Å². The molecule has 7 nitrogen and oxygen atoms in total. The molecule has 0 spiro atoms. The Morgan fingerprint density at radius 1 is 1.45 bits per heavy atom. The number of nitrogens with zero attached hydrogens (tertiary/aromatic N) is 4. The van der Waals surface area contributed by atoms with Gasteiger partial charge in [-0.1, -0.05) is 0 Å². The van der Waals surface area contributed by atoms with E-state index in [-0.39, 0.29) is 10.4 Å². The maximum Gasteiger partial charge on any atom is 0.332 e. The molecule has 1 aromatic rings. The number of hydrogen-bond acceptors (Lipinski definition) is 7. The number of thioether (sulfide) groups is 1. The van der Waals surface area contributed by atoms with Gasteiger partial charge in [0.1, 0.15) is 5.69 Å². The van der Waals surface area contributed by atoms with Crippen LogP contribution < -0.4 is 10.2 Å². The third-order valence-corrected chi connectivity index (χ3v) is 4.47. The highest BCUT2D eigenvalue weighted by Gasteiger charge is 2.33. The molecule has 8 heteroatoms. The van der Waals surface area contributed by atoms with Gasteiger partial charge < -0.3 is 10.2 Å². The number of aromatic nitrogens is 2. The highest BCUT2D eigenvalue weighted by atomic mass is 32.2. The summed E-state index contributed by atoms with van der Waals surface area (Å²) in [5.41, 5.74) is 0.395. The minimum absolute atomic E-state index is 0.00620. The maximum atomic E-state index is 11.3. The first-order valence-electron chi connectivity index (χ1n) is 6.44. The fourth-order valence-electron chi connectivity index (χ4n) is 2.30. The Hall–Kier alpha value is -1.57. The molecule has 0 saturated carbocycles. The summed E-state index contributed by atoms with van der Waals surface area (Å²) in [4.78, 5) is 21.3. The van der Waals surface area contributed by atoms with Gasteiger partial charge in [-0.05, 0) is 20.8 Å². The largest absolute Gasteiger partial charge is 0.357 e. The molecule has 0 aromatic carbocycles. The Labute approximate surface area is 122 Å². The average Bonchev–Trinajstić information content (AvgIpc) is 2.35. The summed E-state index contributed by atoms with van der Waals surface area (Å²) in [5, 5.41) is 14.2. The first kappa shape index (κ1) is 14.8. The summed E-state index contributed by atoms with van der Waals surface area (Å²) in [5.74, 6) is 1.77. The second-order valence-corrected chi connectivity index (χ2v) is 7.14. The van der Waals surface area contributed by atoms with E-state index in [4.69, 9.17) is 0 Å². The van der Waals surface area contributed by atoms with E-state index in [2.05, 4.69) is 29.1 Å². The van der Waals surface area contributed by atoms with Gasteiger partial charge in [-0.25, -0.2) is 4.98 Å². The molecule has 1 aliphatic heterocycles. The SMILES string of the molecule is CNc1nc(C)c([N+](=O)[O-])c(N2CCSC(C)(C)C2)n1. The average molecular weight is 297 g/mol. The van der Waals surface area contributed by atoms with Crippen molar-refractivity contribution in [2.75, 3.05) is 36.1 Å². The molecule has 2 rings (SSSR count). The molecule has 0 bridgehead atoms. The van der Waals surface area contributed by atoms with Gasteiger partial charge in [0.05, 0.1) is 4.92 Å². The lowest BCUT2D eigenvalue weighted by Crippen LogP contribution is -2.44. The molecule has 1 N–H and O–H groups in total. The lowest BCUT2D eigenvalue weighted by molar-refractivity contribution is -0.385. The van der Waals surface area contributed by atoms with E-state index in [0.717, 1.165) is 18.8 Å². The summed E-state index contributed by atoms with van der Waals surface area (Å²) in [7, 11) is 1.71. The summed E-state index contributed by atoms with van der Waals surface area (Å²) in [6, 6.07) is 0. The highest BCUT2D eigenvalue weighted by molar-refractivity contribution is 8.00. The van der Waals surface area contributed by atoms with Crippen LogP contribution in [-0.2, 0) is 0 Å². The number of aryl methyl sites for hydroxylation is 1. The van der Waals surface area contributed by atoms with Crippen molar-refractivity contribution in [1.82, 2.24) is 9.97 Å². The number of rotatable bonds is 3. The zero-order valence-electron chi connectivity index (χ0n) is 12.1. The smallest absolute Gasteiger partial charge is 0.332 e. The molecule has 0 atom stereocenters. The van der Waals surface area contributed by atoms with Crippen molar-refractivity contribution in [3.05, 3.63) is 15.8 Å². The van der Waals surface area contributed by atoms with E-state index in [1.54, 1.807) is 14.0 Å². The Morgan fingerprint density at radius 3 is 2.70 bits per heavy atom. The summed E-state index contributed by atoms with van der Waals surface area (Å²) < 4.78 is 0.0603. The van der Waals surface area contributed by atoms with Crippen LogP contribution in [0.1, 0.15) is 19.5 Å². The van der Waals surface area contributed by atoms with Crippen LogP contribution in [0.25, 0.3) is 0 Å². The van der Waals surface area contributed by atoms with Crippen LogP contribution in [0.4, 0.5) is 17.5 Å². The van der Waals surface area contributed by atoms with Crippen LogP contribution in [-0.4, -0.2) is 45.5 Å². The van der Waals surface area contributed by atoms with Crippen molar-refractivity contribution < 1.29 is 4.92 Å². The molecule has 1 saturated heterocycles. The van der Waals surface area contributed by atoms with E-state index < -0.39 is 4.92 Å². The third-order valence-electron chi connectivity index (χ3n) is 3.17. The van der Waals surface area contributed by atoms with Gasteiger partial charge >= 0.3 is 5.69 Å². The molecule has 0 amide bonds. The van der Waals surface area contributed by atoms with Gasteiger partial charge in [-0.15, -0.1) is 0 Å². The van der Waals surface area contributed by atoms with Gasteiger partial charge in [-0.3, -0.25) is 10.1 Å². The first-order chi connectivity index (χ1) is 9.34. The minimum Gasteiger partial charge on any atom is -0.357 e. The van der Waals surface area contributed by atoms with Crippen LogP contribution in [0.3, 0.4) is 0 Å². The summed E-state index contributed by atoms with van der Waals surface area (Å²) >= 11 is 1.88. The number of anilines is 2. The quantitative estimate of drug-likeness (QED) is 0.675. The lowest BCUT2D eigenvalue weighted by Gasteiger charge is -2.37. The van der Waals surface area contributed by atoms with E-state index >= 15 is 0 Å². The van der Waals surface area contributed by atoms with Crippen LogP contribution in [0.2, 0.25) is 0 Å². The van der Waals surface area contributed by atoms with Gasteiger partial charge in [0.15, 0.2) is 0 Å². The van der Waals surface area contributed by atoms with Crippen molar-refractivity contribution in [3.63, 3.8) is 0 Å². The van der Waals surface area contributed by atoms with Crippen molar-refractivity contribution in [2.24, 2.45) is 0 Å². The molecule has 1 fully saturated rings. The number of nitro groups is 1. The third kappa shape index (κ3) is 2.95. The molecule has 1 aromatic heterocycles. The van der Waals surface area contributed by atoms with Crippen molar-refractivity contribution in [1.29, 1.82) is 0 Å². The number of nitrogens with one attached hydrogen (secondary N) is 1. The zero-order chi connectivity index (χ0) is 14.9. The fourth-order valence-corrected chi connectivity index (χ4v) is 3.41. The summed E-state index contributed by atoms with van der Waals surface area (Å²) in [6.45, 7) is 7.42. The molecule has 0 radical (unpaired) electrons. The van der Waals surface area contributed by atoms with Gasteiger partial charge in [-0.2, -0.15) is 16.7 Å². The second kappa shape index (κ2) is 5.43. The van der Waals surface area contributed by atoms with Crippen LogP contribution in [0, 0.1) is 17.0 Å². The van der Waals surface area contributed by atoms with E-state index in [1.807, 2.05) is 16.7 Å². The fraction of sp³-hybridized carbons (Fsp3) is 0.667. The predicted molar refractivity (Wildman–Crippen MR) is 81.7 cm³/mol. The molecule has 110 valence electrons. The molecule has 0 aliphatic carbocycles. The normalized spacial score (nSPS) is 17.9. The standard InChI is InChI=1S/C12H19N5O2S/c1-8-9(17(18)19)10(15-11(13-4)14-8)16-5-6-20-12(2,3)7-16/h5-7H2,1-4H3,(H,13,14,15). The first-order valence-corrected chi connectivity index (χ1v) is 7.42. The topological polar surface area (TPSA) is 84.2 Å². The minimum atomic E-state index is -0.390. The monoisotopic (exact) mass is 297 g/mol. The van der Waals surface area contributed by atoms with Crippen LogP contribution >= 0.6 is 11.8 Å². The van der Waals surface area contributed by atoms with E-state index in [1.165, 1.54) is 0 Å². The number of hydrogen-bond donors (Lipinski definition) is 1. The van der Waals surface area contributed by atoms with Gasteiger partial charge in [0.25, 0.3) is 0 Å². The zero-order valence-corrected chi connectivity index (χ0v) is 13.0. The Kier molecular flexibility index (Phi) is 4.03. The van der Waals surface area contributed by atoms with E-state index in [9.17, 15) is 10.1 Å². The second-order valence-electron chi connectivity index (χ2n) is 5.34. The van der Waals surface area contributed by atoms with E-state index in [0.29, 0.717) is 17.5 Å². The molecule has 2 heterocycles. The summed E-state index contributed by atoms with van der Waals surface area (Å²) in [6.07, 6.45) is 0. The molecular weight excluding hydrogens is 278 g/mol. The lowest BCUT2D eigenvalue weighted by atomic mass is 10.2.